The third-order valence-corrected chi connectivity index (χ3v) is 8.48. The largest absolute Gasteiger partial charge is 0.356 e. The highest BCUT2D eigenvalue weighted by atomic mass is 31.2. The number of piperidine rings is 1. The molecular formula is C23H28FN4O5P. The van der Waals surface area contributed by atoms with E-state index in [1.165, 1.54) is 16.7 Å². The van der Waals surface area contributed by atoms with Crippen LogP contribution in [0.3, 0.4) is 0 Å². The van der Waals surface area contributed by atoms with E-state index in [1.807, 2.05) is 0 Å². The number of rotatable bonds is 5. The lowest BCUT2D eigenvalue weighted by Gasteiger charge is -2.31. The predicted octanol–water partition coefficient (Wildman–Crippen LogP) is 3.27. The molecular weight excluding hydrogens is 462 g/mol. The minimum absolute atomic E-state index is 0.183. The van der Waals surface area contributed by atoms with Crippen LogP contribution in [0.15, 0.2) is 27.5 Å². The minimum atomic E-state index is -4.37. The van der Waals surface area contributed by atoms with E-state index in [9.17, 15) is 23.5 Å². The summed E-state index contributed by atoms with van der Waals surface area (Å²) in [7, 11) is -4.37. The average molecular weight is 490 g/mol. The molecule has 0 amide bonds. The average Bonchev–Trinajstić information content (AvgIpc) is 3.21. The first-order valence-corrected chi connectivity index (χ1v) is 13.3. The van der Waals surface area contributed by atoms with Gasteiger partial charge >= 0.3 is 7.60 Å². The molecule has 0 bridgehead atoms. The van der Waals surface area contributed by atoms with Crippen LogP contribution >= 0.6 is 7.60 Å². The summed E-state index contributed by atoms with van der Waals surface area (Å²) in [4.78, 5) is 39.3. The Morgan fingerprint density at radius 3 is 2.71 bits per heavy atom. The SMILES string of the molecule is Cc1nc2n(c(=O)c1CCN1CCC(c3noc4cc(F)ccc34)CC1)CCC[C@@H]2P(=O)(O)O. The van der Waals surface area contributed by atoms with Gasteiger partial charge in [-0.05, 0) is 64.3 Å². The van der Waals surface area contributed by atoms with Crippen LogP contribution < -0.4 is 5.56 Å². The molecule has 5 rings (SSSR count). The Morgan fingerprint density at radius 1 is 1.21 bits per heavy atom. The second kappa shape index (κ2) is 9.00. The Balaban J connectivity index is 1.26. The van der Waals surface area contributed by atoms with Gasteiger partial charge in [-0.3, -0.25) is 13.9 Å². The van der Waals surface area contributed by atoms with Crippen molar-refractivity contribution in [3.8, 4) is 0 Å². The first kappa shape index (κ1) is 23.4. The lowest BCUT2D eigenvalue weighted by Crippen LogP contribution is -2.37. The summed E-state index contributed by atoms with van der Waals surface area (Å²) in [6.07, 6.45) is 3.20. The highest BCUT2D eigenvalue weighted by Gasteiger charge is 2.37. The molecule has 2 N–H and O–H groups in total. The number of aryl methyl sites for hydroxylation is 1. The van der Waals surface area contributed by atoms with Crippen molar-refractivity contribution in [3.63, 3.8) is 0 Å². The molecule has 1 atom stereocenters. The maximum absolute atomic E-state index is 13.4. The Bertz CT molecular complexity index is 1320. The number of hydrogen-bond acceptors (Lipinski definition) is 6. The van der Waals surface area contributed by atoms with Gasteiger partial charge in [0.25, 0.3) is 5.56 Å². The van der Waals surface area contributed by atoms with Crippen molar-refractivity contribution >= 4 is 18.6 Å². The smallest absolute Gasteiger partial charge is 0.336 e. The van der Waals surface area contributed by atoms with Crippen molar-refractivity contribution in [2.45, 2.75) is 57.1 Å². The molecule has 0 unspecified atom stereocenters. The van der Waals surface area contributed by atoms with Gasteiger partial charge < -0.3 is 19.2 Å². The zero-order chi connectivity index (χ0) is 24.0. The summed E-state index contributed by atoms with van der Waals surface area (Å²) >= 11 is 0. The second-order valence-electron chi connectivity index (χ2n) is 9.31. The summed E-state index contributed by atoms with van der Waals surface area (Å²) in [5.41, 5.74) is 1.31. The van der Waals surface area contributed by atoms with Crippen LogP contribution in [-0.2, 0) is 17.5 Å². The van der Waals surface area contributed by atoms with E-state index in [-0.39, 0.29) is 23.1 Å². The van der Waals surface area contributed by atoms with E-state index in [0.717, 1.165) is 37.0 Å². The van der Waals surface area contributed by atoms with Crippen molar-refractivity contribution < 1.29 is 23.3 Å². The first-order chi connectivity index (χ1) is 16.2. The third-order valence-electron chi connectivity index (χ3n) is 7.18. The molecule has 2 aliphatic rings. The molecule has 0 spiro atoms. The molecule has 2 aromatic heterocycles. The fourth-order valence-corrected chi connectivity index (χ4v) is 6.31. The number of halogens is 1. The number of fused-ring (bicyclic) bond motifs is 2. The van der Waals surface area contributed by atoms with E-state index < -0.39 is 13.3 Å². The summed E-state index contributed by atoms with van der Waals surface area (Å²) in [6.45, 7) is 4.58. The van der Waals surface area contributed by atoms with Crippen molar-refractivity contribution in [2.75, 3.05) is 19.6 Å². The van der Waals surface area contributed by atoms with Crippen LogP contribution in [-0.4, -0.2) is 49.0 Å². The summed E-state index contributed by atoms with van der Waals surface area (Å²) < 4.78 is 32.1. The molecule has 0 saturated carbocycles. The highest BCUT2D eigenvalue weighted by Crippen LogP contribution is 2.54. The van der Waals surface area contributed by atoms with Gasteiger partial charge in [0.15, 0.2) is 5.58 Å². The summed E-state index contributed by atoms with van der Waals surface area (Å²) in [6, 6.07) is 4.50. The molecule has 0 radical (unpaired) electrons. The Labute approximate surface area is 195 Å². The van der Waals surface area contributed by atoms with Gasteiger partial charge in [-0.15, -0.1) is 0 Å². The molecule has 1 saturated heterocycles. The van der Waals surface area contributed by atoms with Crippen LogP contribution in [0.1, 0.15) is 60.0 Å². The van der Waals surface area contributed by atoms with Crippen molar-refractivity contribution in [3.05, 3.63) is 57.1 Å². The van der Waals surface area contributed by atoms with Crippen molar-refractivity contribution in [1.29, 1.82) is 0 Å². The number of nitrogens with zero attached hydrogens (tertiary/aromatic N) is 4. The molecule has 34 heavy (non-hydrogen) atoms. The van der Waals surface area contributed by atoms with Crippen molar-refractivity contribution in [1.82, 2.24) is 19.6 Å². The monoisotopic (exact) mass is 490 g/mol. The van der Waals surface area contributed by atoms with Gasteiger partial charge in [-0.1, -0.05) is 5.16 Å². The normalized spacial score (nSPS) is 20.1. The Hall–Kier alpha value is -2.39. The zero-order valence-electron chi connectivity index (χ0n) is 19.0. The molecule has 11 heteroatoms. The third kappa shape index (κ3) is 4.35. The van der Waals surface area contributed by atoms with Crippen LogP contribution in [0.2, 0.25) is 0 Å². The van der Waals surface area contributed by atoms with E-state index in [2.05, 4.69) is 15.0 Å². The standard InChI is InChI=1S/C23H28FN4O5P/c1-14-17(23(29)28-9-2-3-20(22(28)25-14)34(30,31)32)8-12-27-10-6-15(7-11-27)21-18-5-4-16(24)13-19(18)33-26-21/h4-5,13,15,20H,2-3,6-12H2,1H3,(H2,30,31,32)/t20-/m0/s1. The molecule has 9 nitrogen and oxygen atoms in total. The van der Waals surface area contributed by atoms with Crippen LogP contribution in [0, 0.1) is 12.7 Å². The molecule has 3 aromatic rings. The van der Waals surface area contributed by atoms with Crippen molar-refractivity contribution in [2.24, 2.45) is 0 Å². The lowest BCUT2D eigenvalue weighted by molar-refractivity contribution is 0.211. The second-order valence-corrected chi connectivity index (χ2v) is 11.1. The lowest BCUT2D eigenvalue weighted by atomic mass is 9.91. The van der Waals surface area contributed by atoms with Gasteiger partial charge in [-0.25, -0.2) is 9.37 Å². The highest BCUT2D eigenvalue weighted by molar-refractivity contribution is 7.52. The molecule has 1 aromatic carbocycles. The molecule has 2 aliphatic heterocycles. The molecule has 182 valence electrons. The quantitative estimate of drug-likeness (QED) is 0.523. The van der Waals surface area contributed by atoms with Gasteiger partial charge in [0.1, 0.15) is 17.3 Å². The fourth-order valence-electron chi connectivity index (χ4n) is 5.30. The summed E-state index contributed by atoms with van der Waals surface area (Å²) in [5.74, 6) is 0.113. The fraction of sp³-hybridized carbons (Fsp3) is 0.522. The van der Waals surface area contributed by atoms with E-state index in [0.29, 0.717) is 49.2 Å². The topological polar surface area (TPSA) is 122 Å². The van der Waals surface area contributed by atoms with Crippen LogP contribution in [0.25, 0.3) is 11.0 Å². The van der Waals surface area contributed by atoms with E-state index in [1.54, 1.807) is 13.0 Å². The van der Waals surface area contributed by atoms with Gasteiger partial charge in [0.2, 0.25) is 0 Å². The number of benzene rings is 1. The van der Waals surface area contributed by atoms with Crippen LogP contribution in [0.5, 0.6) is 0 Å². The summed E-state index contributed by atoms with van der Waals surface area (Å²) in [5, 5.41) is 5.06. The van der Waals surface area contributed by atoms with Gasteiger partial charge in [0, 0.05) is 41.7 Å². The van der Waals surface area contributed by atoms with Gasteiger partial charge in [-0.2, -0.15) is 0 Å². The van der Waals surface area contributed by atoms with Gasteiger partial charge in [0.05, 0.1) is 5.69 Å². The first-order valence-electron chi connectivity index (χ1n) is 11.6. The molecule has 1 fully saturated rings. The number of likely N-dealkylation sites (tertiary alicyclic amines) is 1. The van der Waals surface area contributed by atoms with E-state index >= 15 is 0 Å². The molecule has 4 heterocycles. The maximum Gasteiger partial charge on any atom is 0.336 e. The minimum Gasteiger partial charge on any atom is -0.356 e. The van der Waals surface area contributed by atoms with E-state index in [4.69, 9.17) is 4.52 Å². The predicted molar refractivity (Wildman–Crippen MR) is 123 cm³/mol. The molecule has 0 aliphatic carbocycles. The number of hydrogen-bond donors (Lipinski definition) is 2. The number of aromatic nitrogens is 3. The zero-order valence-corrected chi connectivity index (χ0v) is 19.9. The Morgan fingerprint density at radius 2 is 1.97 bits per heavy atom. The Kier molecular flexibility index (Phi) is 6.18. The maximum atomic E-state index is 13.4. The van der Waals surface area contributed by atoms with Crippen LogP contribution in [0.4, 0.5) is 4.39 Å².